The maximum atomic E-state index is 11.5. The van der Waals surface area contributed by atoms with Gasteiger partial charge in [-0.15, -0.1) is 11.3 Å². The Balaban J connectivity index is 2.52. The fourth-order valence-electron chi connectivity index (χ4n) is 1.20. The molecule has 3 N–H and O–H groups in total. The third-order valence-corrected chi connectivity index (χ3v) is 3.07. The summed E-state index contributed by atoms with van der Waals surface area (Å²) in [5.41, 5.74) is 0. The first-order valence-corrected chi connectivity index (χ1v) is 6.11. The normalized spacial score (nSPS) is 13.8. The van der Waals surface area contributed by atoms with E-state index in [2.05, 4.69) is 15.6 Å². The smallest absolute Gasteiger partial charge is 0.325 e. The Labute approximate surface area is 103 Å². The molecule has 0 fully saturated rings. The van der Waals surface area contributed by atoms with Crippen LogP contribution in [0, 0.1) is 0 Å². The molecule has 0 aliphatic heterocycles. The molecule has 94 valence electrons. The van der Waals surface area contributed by atoms with E-state index in [1.54, 1.807) is 6.20 Å². The second-order valence-corrected chi connectivity index (χ2v) is 4.44. The molecule has 2 atom stereocenters. The maximum Gasteiger partial charge on any atom is 0.325 e. The van der Waals surface area contributed by atoms with Crippen LogP contribution in [0.1, 0.15) is 31.3 Å². The summed E-state index contributed by atoms with van der Waals surface area (Å²) in [7, 11) is 0. The number of urea groups is 1. The molecule has 6 nitrogen and oxygen atoms in total. The number of hydrogen-bond donors (Lipinski definition) is 3. The third kappa shape index (κ3) is 4.03. The number of carboxylic acid groups (broad SMARTS) is 1. The number of nitrogens with one attached hydrogen (secondary N) is 2. The number of amides is 2. The highest BCUT2D eigenvalue weighted by molar-refractivity contribution is 7.09. The Kier molecular flexibility index (Phi) is 4.89. The van der Waals surface area contributed by atoms with Gasteiger partial charge < -0.3 is 15.7 Å². The number of carbonyl (C=O) groups is 2. The van der Waals surface area contributed by atoms with Crippen LogP contribution >= 0.6 is 11.3 Å². The third-order valence-electron chi connectivity index (χ3n) is 2.18. The van der Waals surface area contributed by atoms with Crippen molar-refractivity contribution in [3.63, 3.8) is 0 Å². The lowest BCUT2D eigenvalue weighted by atomic mass is 10.2. The van der Waals surface area contributed by atoms with Gasteiger partial charge in [-0.3, -0.25) is 4.79 Å². The summed E-state index contributed by atoms with van der Waals surface area (Å²) >= 11 is 1.45. The van der Waals surface area contributed by atoms with Crippen molar-refractivity contribution in [2.45, 2.75) is 32.4 Å². The number of aromatic nitrogens is 1. The second-order valence-electron chi connectivity index (χ2n) is 3.51. The first kappa shape index (κ1) is 13.4. The Morgan fingerprint density at radius 3 is 2.71 bits per heavy atom. The first-order valence-electron chi connectivity index (χ1n) is 5.23. The van der Waals surface area contributed by atoms with Gasteiger partial charge in [0, 0.05) is 11.6 Å². The summed E-state index contributed by atoms with van der Waals surface area (Å²) in [5, 5.41) is 16.3. The zero-order chi connectivity index (χ0) is 12.8. The molecule has 0 aliphatic rings. The van der Waals surface area contributed by atoms with Gasteiger partial charge in [0.1, 0.15) is 11.0 Å². The van der Waals surface area contributed by atoms with Crippen LogP contribution in [0.3, 0.4) is 0 Å². The molecule has 0 aliphatic carbocycles. The van der Waals surface area contributed by atoms with E-state index < -0.39 is 18.0 Å². The fourth-order valence-corrected chi connectivity index (χ4v) is 1.98. The molecule has 0 saturated heterocycles. The van der Waals surface area contributed by atoms with E-state index in [-0.39, 0.29) is 6.04 Å². The number of rotatable bonds is 5. The van der Waals surface area contributed by atoms with Gasteiger partial charge >= 0.3 is 12.0 Å². The van der Waals surface area contributed by atoms with Crippen molar-refractivity contribution in [2.75, 3.05) is 0 Å². The number of aliphatic carboxylic acids is 1. The van der Waals surface area contributed by atoms with E-state index in [0.29, 0.717) is 6.42 Å². The van der Waals surface area contributed by atoms with Crippen molar-refractivity contribution in [1.82, 2.24) is 15.6 Å². The quantitative estimate of drug-likeness (QED) is 0.743. The number of hydrogen-bond acceptors (Lipinski definition) is 4. The lowest BCUT2D eigenvalue weighted by Gasteiger charge is -2.16. The predicted octanol–water partition coefficient (Wildman–Crippen LogP) is 1.37. The highest BCUT2D eigenvalue weighted by Crippen LogP contribution is 2.18. The van der Waals surface area contributed by atoms with Gasteiger partial charge in [0.2, 0.25) is 0 Å². The molecule has 0 radical (unpaired) electrons. The van der Waals surface area contributed by atoms with Crippen LogP contribution in [0.5, 0.6) is 0 Å². The van der Waals surface area contributed by atoms with E-state index in [9.17, 15) is 9.59 Å². The fraction of sp³-hybridized carbons (Fsp3) is 0.500. The van der Waals surface area contributed by atoms with Gasteiger partial charge in [0.05, 0.1) is 6.04 Å². The maximum absolute atomic E-state index is 11.5. The molecule has 1 unspecified atom stereocenters. The number of nitrogens with zero attached hydrogens (tertiary/aromatic N) is 1. The van der Waals surface area contributed by atoms with Crippen molar-refractivity contribution in [3.05, 3.63) is 16.6 Å². The van der Waals surface area contributed by atoms with Crippen LogP contribution in [-0.2, 0) is 4.79 Å². The average Bonchev–Trinajstić information content (AvgIpc) is 2.78. The SMILES string of the molecule is CCC(NC(=O)N[C@H](C)C(=O)O)c1nccs1. The van der Waals surface area contributed by atoms with Crippen molar-refractivity contribution >= 4 is 23.3 Å². The molecule has 0 bridgehead atoms. The van der Waals surface area contributed by atoms with Gasteiger partial charge in [0.15, 0.2) is 0 Å². The molecular formula is C10H15N3O3S. The van der Waals surface area contributed by atoms with Crippen LogP contribution in [0.4, 0.5) is 4.79 Å². The Morgan fingerprint density at radius 2 is 2.24 bits per heavy atom. The summed E-state index contributed by atoms with van der Waals surface area (Å²) in [6, 6.07) is -1.60. The molecule has 1 aromatic rings. The van der Waals surface area contributed by atoms with Gasteiger partial charge in [-0.2, -0.15) is 0 Å². The second kappa shape index (κ2) is 6.19. The minimum absolute atomic E-state index is 0.184. The Hall–Kier alpha value is -1.63. The number of carbonyl (C=O) groups excluding carboxylic acids is 1. The van der Waals surface area contributed by atoms with Gasteiger partial charge in [-0.25, -0.2) is 9.78 Å². The molecule has 1 rings (SSSR count). The van der Waals surface area contributed by atoms with Gasteiger partial charge in [-0.1, -0.05) is 6.92 Å². The van der Waals surface area contributed by atoms with E-state index in [4.69, 9.17) is 5.11 Å². The van der Waals surface area contributed by atoms with E-state index >= 15 is 0 Å². The summed E-state index contributed by atoms with van der Waals surface area (Å²) in [4.78, 5) is 26.2. The lowest BCUT2D eigenvalue weighted by Crippen LogP contribution is -2.45. The highest BCUT2D eigenvalue weighted by atomic mass is 32.1. The molecule has 1 aromatic heterocycles. The van der Waals surface area contributed by atoms with E-state index in [1.165, 1.54) is 18.3 Å². The largest absolute Gasteiger partial charge is 0.480 e. The molecular weight excluding hydrogens is 242 g/mol. The highest BCUT2D eigenvalue weighted by Gasteiger charge is 2.18. The Bertz CT molecular complexity index is 380. The lowest BCUT2D eigenvalue weighted by molar-refractivity contribution is -0.138. The Morgan fingerprint density at radius 1 is 1.53 bits per heavy atom. The zero-order valence-corrected chi connectivity index (χ0v) is 10.5. The van der Waals surface area contributed by atoms with Gasteiger partial charge in [-0.05, 0) is 13.3 Å². The molecule has 0 aromatic carbocycles. The van der Waals surface area contributed by atoms with Crippen molar-refractivity contribution < 1.29 is 14.7 Å². The van der Waals surface area contributed by atoms with Crippen molar-refractivity contribution in [3.8, 4) is 0 Å². The van der Waals surface area contributed by atoms with Crippen LogP contribution in [0.2, 0.25) is 0 Å². The standard InChI is InChI=1S/C10H15N3O3S/c1-3-7(8-11-4-5-17-8)13-10(16)12-6(2)9(14)15/h4-7H,3H2,1-2H3,(H,14,15)(H2,12,13,16)/t6-,7?/m1/s1. The van der Waals surface area contributed by atoms with E-state index in [0.717, 1.165) is 5.01 Å². The number of thiazole rings is 1. The van der Waals surface area contributed by atoms with Crippen LogP contribution in [0.15, 0.2) is 11.6 Å². The van der Waals surface area contributed by atoms with Gasteiger partial charge in [0.25, 0.3) is 0 Å². The minimum atomic E-state index is -1.07. The molecule has 2 amide bonds. The number of carboxylic acids is 1. The molecule has 1 heterocycles. The molecule has 0 spiro atoms. The summed E-state index contributed by atoms with van der Waals surface area (Å²) < 4.78 is 0. The minimum Gasteiger partial charge on any atom is -0.480 e. The average molecular weight is 257 g/mol. The topological polar surface area (TPSA) is 91.3 Å². The molecule has 0 saturated carbocycles. The van der Waals surface area contributed by atoms with Crippen LogP contribution < -0.4 is 10.6 Å². The summed E-state index contributed by atoms with van der Waals surface area (Å²) in [5.74, 6) is -1.07. The monoisotopic (exact) mass is 257 g/mol. The molecule has 17 heavy (non-hydrogen) atoms. The van der Waals surface area contributed by atoms with Crippen molar-refractivity contribution in [2.24, 2.45) is 0 Å². The van der Waals surface area contributed by atoms with Crippen LogP contribution in [0.25, 0.3) is 0 Å². The predicted molar refractivity (Wildman–Crippen MR) is 63.9 cm³/mol. The summed E-state index contributed by atoms with van der Waals surface area (Å²) in [6.07, 6.45) is 2.37. The van der Waals surface area contributed by atoms with E-state index in [1.807, 2.05) is 12.3 Å². The zero-order valence-electron chi connectivity index (χ0n) is 9.64. The van der Waals surface area contributed by atoms with Crippen LogP contribution in [-0.4, -0.2) is 28.1 Å². The summed E-state index contributed by atoms with van der Waals surface area (Å²) in [6.45, 7) is 3.33. The van der Waals surface area contributed by atoms with Crippen molar-refractivity contribution in [1.29, 1.82) is 0 Å². The molecule has 7 heteroatoms. The first-order chi connectivity index (χ1) is 8.04.